The molecule has 8 nitrogen and oxygen atoms in total. The summed E-state index contributed by atoms with van der Waals surface area (Å²) in [7, 11) is 0. The highest BCUT2D eigenvalue weighted by Gasteiger charge is 2.05. The number of nitrogens with two attached hydrogens (primary N) is 2. The predicted molar refractivity (Wildman–Crippen MR) is 103 cm³/mol. The molecule has 0 bridgehead atoms. The summed E-state index contributed by atoms with van der Waals surface area (Å²) in [5.74, 6) is -0.444. The Bertz CT molecular complexity index is 856. The van der Waals surface area contributed by atoms with Crippen LogP contribution in [0.15, 0.2) is 40.4 Å². The SMILES string of the molecule is NC(N)=NCOC(=O)CCCc1cnc2cc(CCCN=C=O)ccc2c1. The Kier molecular flexibility index (Phi) is 7.93. The number of pyridine rings is 1. The third-order valence-corrected chi connectivity index (χ3v) is 3.92. The number of esters is 1. The summed E-state index contributed by atoms with van der Waals surface area (Å²) in [6.45, 7) is 0.338. The standard InChI is InChI=1S/C19H23N5O3/c20-19(21)24-13-27-18(26)5-1-3-15-9-16-7-6-14(4-2-8-22-12-25)10-17(16)23-11-15/h6-7,9-11H,1-5,8,13H2,(H4,20,21,24). The van der Waals surface area contributed by atoms with E-state index in [1.54, 1.807) is 6.08 Å². The van der Waals surface area contributed by atoms with E-state index in [9.17, 15) is 9.59 Å². The van der Waals surface area contributed by atoms with E-state index >= 15 is 0 Å². The molecule has 0 saturated heterocycles. The molecule has 2 rings (SSSR count). The molecule has 0 atom stereocenters. The summed E-state index contributed by atoms with van der Waals surface area (Å²) in [6.07, 6.45) is 6.69. The Balaban J connectivity index is 1.84. The molecule has 2 aromatic rings. The van der Waals surface area contributed by atoms with E-state index in [2.05, 4.69) is 27.1 Å². The lowest BCUT2D eigenvalue weighted by molar-refractivity contribution is -0.143. The zero-order valence-electron chi connectivity index (χ0n) is 15.1. The van der Waals surface area contributed by atoms with Gasteiger partial charge in [-0.3, -0.25) is 9.78 Å². The van der Waals surface area contributed by atoms with Crippen molar-refractivity contribution in [2.24, 2.45) is 21.5 Å². The van der Waals surface area contributed by atoms with Crippen LogP contribution in [-0.4, -0.2) is 36.3 Å². The predicted octanol–water partition coefficient (Wildman–Crippen LogP) is 1.60. The largest absolute Gasteiger partial charge is 0.442 e. The van der Waals surface area contributed by atoms with Crippen molar-refractivity contribution in [2.45, 2.75) is 32.1 Å². The van der Waals surface area contributed by atoms with Gasteiger partial charge in [-0.2, -0.15) is 0 Å². The number of hydrogen-bond donors (Lipinski definition) is 2. The van der Waals surface area contributed by atoms with E-state index in [0.29, 0.717) is 19.4 Å². The maximum atomic E-state index is 11.6. The van der Waals surface area contributed by atoms with Gasteiger partial charge < -0.3 is 16.2 Å². The van der Waals surface area contributed by atoms with E-state index in [1.165, 1.54) is 0 Å². The van der Waals surface area contributed by atoms with Gasteiger partial charge in [0.15, 0.2) is 12.7 Å². The monoisotopic (exact) mass is 369 g/mol. The van der Waals surface area contributed by atoms with Gasteiger partial charge in [0.1, 0.15) is 0 Å². The number of guanidine groups is 1. The second-order valence-electron chi connectivity index (χ2n) is 6.03. The minimum atomic E-state index is -0.336. The summed E-state index contributed by atoms with van der Waals surface area (Å²) >= 11 is 0. The highest BCUT2D eigenvalue weighted by Crippen LogP contribution is 2.17. The van der Waals surface area contributed by atoms with Crippen LogP contribution >= 0.6 is 0 Å². The molecular weight excluding hydrogens is 346 g/mol. The minimum absolute atomic E-state index is 0.109. The van der Waals surface area contributed by atoms with Crippen molar-refractivity contribution < 1.29 is 14.3 Å². The first kappa shape index (κ1) is 20.1. The quantitative estimate of drug-likeness (QED) is 0.215. The van der Waals surface area contributed by atoms with Crippen LogP contribution in [0.2, 0.25) is 0 Å². The summed E-state index contributed by atoms with van der Waals surface area (Å²) < 4.78 is 4.89. The van der Waals surface area contributed by atoms with Gasteiger partial charge in [-0.25, -0.2) is 14.8 Å². The van der Waals surface area contributed by atoms with E-state index in [4.69, 9.17) is 16.2 Å². The molecule has 8 heteroatoms. The molecule has 0 spiro atoms. The van der Waals surface area contributed by atoms with Gasteiger partial charge >= 0.3 is 5.97 Å². The highest BCUT2D eigenvalue weighted by molar-refractivity contribution is 5.79. The number of aryl methyl sites for hydroxylation is 2. The van der Waals surface area contributed by atoms with Crippen molar-refractivity contribution in [2.75, 3.05) is 13.3 Å². The number of hydrogen-bond acceptors (Lipinski definition) is 6. The maximum Gasteiger partial charge on any atom is 0.307 e. The number of aliphatic imine (C=N–C) groups is 2. The Morgan fingerprint density at radius 3 is 2.74 bits per heavy atom. The molecule has 0 aliphatic rings. The van der Waals surface area contributed by atoms with Gasteiger partial charge in [-0.05, 0) is 48.9 Å². The van der Waals surface area contributed by atoms with Gasteiger partial charge in [-0.1, -0.05) is 12.1 Å². The van der Waals surface area contributed by atoms with Crippen molar-refractivity contribution in [1.29, 1.82) is 0 Å². The molecule has 142 valence electrons. The summed E-state index contributed by atoms with van der Waals surface area (Å²) in [4.78, 5) is 33.3. The molecule has 1 aromatic heterocycles. The topological polar surface area (TPSA) is 133 Å². The first-order valence-electron chi connectivity index (χ1n) is 8.70. The fourth-order valence-electron chi connectivity index (χ4n) is 2.60. The number of nitrogens with zero attached hydrogens (tertiary/aromatic N) is 3. The van der Waals surface area contributed by atoms with Crippen molar-refractivity contribution in [1.82, 2.24) is 4.98 Å². The Labute approximate surface area is 157 Å². The van der Waals surface area contributed by atoms with Crippen LogP contribution in [0, 0.1) is 0 Å². The van der Waals surface area contributed by atoms with Crippen LogP contribution in [0.3, 0.4) is 0 Å². The lowest BCUT2D eigenvalue weighted by Crippen LogP contribution is -2.23. The number of carbonyl (C=O) groups excluding carboxylic acids is 2. The van der Waals surface area contributed by atoms with Crippen LogP contribution in [0.1, 0.15) is 30.4 Å². The summed E-state index contributed by atoms with van der Waals surface area (Å²) in [5, 5.41) is 1.05. The van der Waals surface area contributed by atoms with E-state index in [0.717, 1.165) is 41.3 Å². The Morgan fingerprint density at radius 2 is 1.96 bits per heavy atom. The Morgan fingerprint density at radius 1 is 1.15 bits per heavy atom. The van der Waals surface area contributed by atoms with Gasteiger partial charge in [0.2, 0.25) is 6.08 Å². The summed E-state index contributed by atoms with van der Waals surface area (Å²) in [6, 6.07) is 8.21. The average molecular weight is 369 g/mol. The van der Waals surface area contributed by atoms with Crippen LogP contribution in [0.4, 0.5) is 0 Å². The second-order valence-corrected chi connectivity index (χ2v) is 6.03. The fraction of sp³-hybridized carbons (Fsp3) is 0.368. The molecule has 1 aromatic carbocycles. The first-order chi connectivity index (χ1) is 13.1. The number of isocyanates is 1. The molecule has 1 heterocycles. The summed E-state index contributed by atoms with van der Waals surface area (Å²) in [5.41, 5.74) is 13.5. The lowest BCUT2D eigenvalue weighted by Gasteiger charge is -2.06. The second kappa shape index (κ2) is 10.7. The number of aromatic nitrogens is 1. The molecule has 4 N–H and O–H groups in total. The molecule has 0 aliphatic carbocycles. The zero-order chi connectivity index (χ0) is 19.5. The molecule has 0 unspecified atom stereocenters. The fourth-order valence-corrected chi connectivity index (χ4v) is 2.60. The van der Waals surface area contributed by atoms with E-state index in [1.807, 2.05) is 18.3 Å². The number of rotatable bonds is 10. The number of benzene rings is 1. The molecule has 0 radical (unpaired) electrons. The van der Waals surface area contributed by atoms with Gasteiger partial charge in [0.05, 0.1) is 12.1 Å². The average Bonchev–Trinajstić information content (AvgIpc) is 2.65. The first-order valence-corrected chi connectivity index (χ1v) is 8.70. The molecule has 0 saturated carbocycles. The van der Waals surface area contributed by atoms with Gasteiger partial charge in [-0.15, -0.1) is 0 Å². The van der Waals surface area contributed by atoms with Crippen molar-refractivity contribution >= 4 is 28.9 Å². The van der Waals surface area contributed by atoms with Crippen molar-refractivity contribution in [3.05, 3.63) is 41.6 Å². The third kappa shape index (κ3) is 7.25. The minimum Gasteiger partial charge on any atom is -0.442 e. The molecule has 0 amide bonds. The van der Waals surface area contributed by atoms with E-state index in [-0.39, 0.29) is 18.7 Å². The van der Waals surface area contributed by atoms with Crippen LogP contribution < -0.4 is 11.5 Å². The van der Waals surface area contributed by atoms with Gasteiger partial charge in [0.25, 0.3) is 0 Å². The lowest BCUT2D eigenvalue weighted by atomic mass is 10.0. The molecule has 27 heavy (non-hydrogen) atoms. The van der Waals surface area contributed by atoms with E-state index < -0.39 is 0 Å². The molecule has 0 fully saturated rings. The van der Waals surface area contributed by atoms with Crippen LogP contribution in [0.5, 0.6) is 0 Å². The maximum absolute atomic E-state index is 11.6. The zero-order valence-corrected chi connectivity index (χ0v) is 15.1. The highest BCUT2D eigenvalue weighted by atomic mass is 16.5. The molecule has 0 aliphatic heterocycles. The van der Waals surface area contributed by atoms with Crippen LogP contribution in [0.25, 0.3) is 10.9 Å². The Hall–Kier alpha value is -3.25. The van der Waals surface area contributed by atoms with Crippen molar-refractivity contribution in [3.63, 3.8) is 0 Å². The van der Waals surface area contributed by atoms with Crippen LogP contribution in [-0.2, 0) is 27.2 Å². The van der Waals surface area contributed by atoms with Gasteiger partial charge in [0, 0.05) is 18.0 Å². The molecular formula is C19H23N5O3. The smallest absolute Gasteiger partial charge is 0.307 e. The normalized spacial score (nSPS) is 10.2. The number of carbonyl (C=O) groups is 1. The number of ether oxygens (including phenoxy) is 1. The van der Waals surface area contributed by atoms with Crippen molar-refractivity contribution in [3.8, 4) is 0 Å². The number of fused-ring (bicyclic) bond motifs is 1. The third-order valence-electron chi connectivity index (χ3n) is 3.92.